The quantitative estimate of drug-likeness (QED) is 0.931. The summed E-state index contributed by atoms with van der Waals surface area (Å²) in [7, 11) is 1.68. The average molecular weight is 287 g/mol. The molecule has 1 N–H and O–H groups in total. The number of rotatable bonds is 3. The Morgan fingerprint density at radius 1 is 1.38 bits per heavy atom. The Morgan fingerprint density at radius 3 is 2.81 bits per heavy atom. The van der Waals surface area contributed by atoms with Crippen molar-refractivity contribution < 1.29 is 14.3 Å². The van der Waals surface area contributed by atoms with Gasteiger partial charge in [-0.05, 0) is 30.9 Å². The van der Waals surface area contributed by atoms with Gasteiger partial charge in [0.05, 0.1) is 11.5 Å². The van der Waals surface area contributed by atoms with Gasteiger partial charge < -0.3 is 14.4 Å². The van der Waals surface area contributed by atoms with Gasteiger partial charge >= 0.3 is 0 Å². The minimum absolute atomic E-state index is 0.0565. The smallest absolute Gasteiger partial charge is 0.289 e. The third-order valence-electron chi connectivity index (χ3n) is 3.93. The minimum atomic E-state index is -0.306. The Morgan fingerprint density at radius 2 is 2.10 bits per heavy atom. The predicted molar refractivity (Wildman–Crippen MR) is 78.2 cm³/mol. The molecule has 0 bridgehead atoms. The van der Waals surface area contributed by atoms with Gasteiger partial charge in [0.25, 0.3) is 5.91 Å². The number of benzene rings is 1. The van der Waals surface area contributed by atoms with Crippen LogP contribution >= 0.6 is 0 Å². The van der Waals surface area contributed by atoms with Crippen molar-refractivity contribution in [2.45, 2.75) is 18.9 Å². The molecule has 1 aromatic carbocycles. The molecule has 5 nitrogen and oxygen atoms in total. The molecule has 1 aliphatic carbocycles. The summed E-state index contributed by atoms with van der Waals surface area (Å²) in [4.78, 5) is 25.9. The molecular formula is C16H17NO4. The first kappa shape index (κ1) is 13.8. The lowest BCUT2D eigenvalue weighted by atomic mass is 9.82. The standard InChI is InChI=1S/C16H17NO4/c1-17(9-10-6-11(18)7-10)16(20)15-8-13(19)12-4-2-3-5-14(12)21-15/h2-5,8,10-11,18H,6-7,9H2,1H3. The molecule has 0 unspecified atom stereocenters. The van der Waals surface area contributed by atoms with Crippen LogP contribution in [-0.2, 0) is 0 Å². The van der Waals surface area contributed by atoms with E-state index in [1.165, 1.54) is 6.07 Å². The van der Waals surface area contributed by atoms with Gasteiger partial charge in [-0.1, -0.05) is 12.1 Å². The van der Waals surface area contributed by atoms with Crippen LogP contribution in [0.5, 0.6) is 0 Å². The van der Waals surface area contributed by atoms with Gasteiger partial charge in [0, 0.05) is 19.7 Å². The van der Waals surface area contributed by atoms with Crippen LogP contribution < -0.4 is 5.43 Å². The van der Waals surface area contributed by atoms with Crippen molar-refractivity contribution in [2.75, 3.05) is 13.6 Å². The lowest BCUT2D eigenvalue weighted by Crippen LogP contribution is -2.39. The van der Waals surface area contributed by atoms with Crippen LogP contribution in [0.2, 0.25) is 0 Å². The molecule has 0 aliphatic heterocycles. The highest BCUT2D eigenvalue weighted by Crippen LogP contribution is 2.28. The molecular weight excluding hydrogens is 270 g/mol. The second kappa shape index (κ2) is 5.33. The van der Waals surface area contributed by atoms with Crippen molar-refractivity contribution in [3.8, 4) is 0 Å². The zero-order valence-corrected chi connectivity index (χ0v) is 11.8. The van der Waals surface area contributed by atoms with E-state index in [1.807, 2.05) is 0 Å². The Hall–Kier alpha value is -2.14. The molecule has 0 atom stereocenters. The number of aliphatic hydroxyl groups excluding tert-OH is 1. The van der Waals surface area contributed by atoms with Crippen molar-refractivity contribution in [1.29, 1.82) is 0 Å². The fourth-order valence-corrected chi connectivity index (χ4v) is 2.72. The lowest BCUT2D eigenvalue weighted by molar-refractivity contribution is 0.0258. The van der Waals surface area contributed by atoms with Crippen LogP contribution in [-0.4, -0.2) is 35.6 Å². The van der Waals surface area contributed by atoms with Crippen molar-refractivity contribution in [3.63, 3.8) is 0 Å². The largest absolute Gasteiger partial charge is 0.451 e. The Labute approximate surface area is 121 Å². The van der Waals surface area contributed by atoms with E-state index in [1.54, 1.807) is 36.2 Å². The van der Waals surface area contributed by atoms with E-state index in [-0.39, 0.29) is 23.2 Å². The normalized spacial score (nSPS) is 21.0. The molecule has 3 rings (SSSR count). The van der Waals surface area contributed by atoms with Gasteiger partial charge in [-0.15, -0.1) is 0 Å². The molecule has 1 saturated carbocycles. The molecule has 1 amide bonds. The summed E-state index contributed by atoms with van der Waals surface area (Å²) in [5.41, 5.74) is 0.202. The average Bonchev–Trinajstić information content (AvgIpc) is 2.44. The van der Waals surface area contributed by atoms with Gasteiger partial charge in [-0.3, -0.25) is 9.59 Å². The number of fused-ring (bicyclic) bond motifs is 1. The van der Waals surface area contributed by atoms with Crippen molar-refractivity contribution in [2.24, 2.45) is 5.92 Å². The topological polar surface area (TPSA) is 70.8 Å². The highest BCUT2D eigenvalue weighted by molar-refractivity contribution is 5.93. The molecule has 1 aliphatic rings. The molecule has 1 aromatic heterocycles. The Bertz CT molecular complexity index is 730. The third-order valence-corrected chi connectivity index (χ3v) is 3.93. The first-order valence-corrected chi connectivity index (χ1v) is 7.01. The molecule has 110 valence electrons. The predicted octanol–water partition coefficient (Wildman–Crippen LogP) is 1.64. The van der Waals surface area contributed by atoms with Crippen LogP contribution in [0.15, 0.2) is 39.5 Å². The van der Waals surface area contributed by atoms with E-state index in [9.17, 15) is 14.7 Å². The van der Waals surface area contributed by atoms with Crippen LogP contribution in [0.1, 0.15) is 23.4 Å². The van der Waals surface area contributed by atoms with E-state index in [0.717, 1.165) is 12.8 Å². The number of carbonyl (C=O) groups excluding carboxylic acids is 1. The maximum absolute atomic E-state index is 12.3. The molecule has 0 saturated heterocycles. The minimum Gasteiger partial charge on any atom is -0.451 e. The molecule has 5 heteroatoms. The number of hydrogen-bond donors (Lipinski definition) is 1. The highest BCUT2D eigenvalue weighted by atomic mass is 16.3. The van der Waals surface area contributed by atoms with E-state index >= 15 is 0 Å². The SMILES string of the molecule is CN(CC1CC(O)C1)C(=O)c1cc(=O)c2ccccc2o1. The molecule has 21 heavy (non-hydrogen) atoms. The van der Waals surface area contributed by atoms with Crippen LogP contribution in [0.4, 0.5) is 0 Å². The first-order valence-electron chi connectivity index (χ1n) is 7.01. The summed E-state index contributed by atoms with van der Waals surface area (Å²) in [6.45, 7) is 0.562. The number of carbonyl (C=O) groups is 1. The summed E-state index contributed by atoms with van der Waals surface area (Å²) in [6, 6.07) is 8.12. The van der Waals surface area contributed by atoms with Gasteiger partial charge in [-0.25, -0.2) is 0 Å². The molecule has 1 fully saturated rings. The molecule has 1 heterocycles. The highest BCUT2D eigenvalue weighted by Gasteiger charge is 2.29. The summed E-state index contributed by atoms with van der Waals surface area (Å²) in [6.07, 6.45) is 1.20. The lowest BCUT2D eigenvalue weighted by Gasteiger charge is -2.34. The van der Waals surface area contributed by atoms with Crippen LogP contribution in [0.25, 0.3) is 11.0 Å². The van der Waals surface area contributed by atoms with Crippen LogP contribution in [0.3, 0.4) is 0 Å². The Kier molecular flexibility index (Phi) is 3.51. The monoisotopic (exact) mass is 287 g/mol. The van der Waals surface area contributed by atoms with Gasteiger partial charge in [0.2, 0.25) is 0 Å². The van der Waals surface area contributed by atoms with E-state index in [2.05, 4.69) is 0 Å². The Balaban J connectivity index is 1.82. The summed E-state index contributed by atoms with van der Waals surface area (Å²) >= 11 is 0. The maximum Gasteiger partial charge on any atom is 0.289 e. The number of amides is 1. The van der Waals surface area contributed by atoms with Gasteiger partial charge in [0.15, 0.2) is 11.2 Å². The summed E-state index contributed by atoms with van der Waals surface area (Å²) in [5.74, 6) is 0.0708. The fraction of sp³-hybridized carbons (Fsp3) is 0.375. The maximum atomic E-state index is 12.3. The number of nitrogens with zero attached hydrogens (tertiary/aromatic N) is 1. The summed E-state index contributed by atoms with van der Waals surface area (Å²) < 4.78 is 5.54. The first-order chi connectivity index (χ1) is 10.0. The van der Waals surface area contributed by atoms with Crippen molar-refractivity contribution >= 4 is 16.9 Å². The second-order valence-electron chi connectivity index (χ2n) is 5.65. The zero-order valence-electron chi connectivity index (χ0n) is 11.8. The molecule has 2 aromatic rings. The summed E-state index contributed by atoms with van der Waals surface area (Å²) in [5, 5.41) is 9.75. The van der Waals surface area contributed by atoms with Crippen LogP contribution in [0, 0.1) is 5.92 Å². The second-order valence-corrected chi connectivity index (χ2v) is 5.65. The number of para-hydroxylation sites is 1. The molecule has 0 radical (unpaired) electrons. The van der Waals surface area contributed by atoms with Gasteiger partial charge in [-0.2, -0.15) is 0 Å². The third kappa shape index (κ3) is 2.69. The van der Waals surface area contributed by atoms with Crippen molar-refractivity contribution in [1.82, 2.24) is 4.90 Å². The number of aliphatic hydroxyl groups is 1. The van der Waals surface area contributed by atoms with Gasteiger partial charge in [0.1, 0.15) is 5.58 Å². The fourth-order valence-electron chi connectivity index (χ4n) is 2.72. The van der Waals surface area contributed by atoms with Crippen molar-refractivity contribution in [3.05, 3.63) is 46.3 Å². The zero-order chi connectivity index (χ0) is 15.0. The van der Waals surface area contributed by atoms with E-state index in [0.29, 0.717) is 23.4 Å². The van der Waals surface area contributed by atoms with E-state index < -0.39 is 0 Å². The number of hydrogen-bond acceptors (Lipinski definition) is 4. The van der Waals surface area contributed by atoms with E-state index in [4.69, 9.17) is 4.42 Å². The molecule has 0 spiro atoms.